The molecule has 0 aliphatic carbocycles. The fourth-order valence-corrected chi connectivity index (χ4v) is 4.33. The largest absolute Gasteiger partial charge is 0.469 e. The first-order valence-corrected chi connectivity index (χ1v) is 13.7. The van der Waals surface area contributed by atoms with E-state index in [0.29, 0.717) is 13.0 Å². The molecule has 5 atom stereocenters. The topological polar surface area (TPSA) is 133 Å². The number of esters is 4. The van der Waals surface area contributed by atoms with E-state index in [1.54, 1.807) is 0 Å². The molecular weight excluding hydrogens is 524 g/mol. The number of ether oxygens (including phenoxy) is 7. The molecule has 1 aromatic carbocycles. The molecule has 1 saturated heterocycles. The lowest BCUT2D eigenvalue weighted by molar-refractivity contribution is -0.315. The van der Waals surface area contributed by atoms with E-state index in [9.17, 15) is 19.2 Å². The summed E-state index contributed by atoms with van der Waals surface area (Å²) < 4.78 is 39.3. The van der Waals surface area contributed by atoms with Crippen molar-refractivity contribution in [3.8, 4) is 0 Å². The van der Waals surface area contributed by atoms with Gasteiger partial charge in [0.25, 0.3) is 0 Å². The second-order valence-electron chi connectivity index (χ2n) is 9.57. The van der Waals surface area contributed by atoms with Crippen LogP contribution in [0.3, 0.4) is 0 Å². The Bertz CT molecular complexity index is 920. The number of unbranched alkanes of at least 4 members (excludes halogenated alkanes) is 5. The molecule has 1 aromatic rings. The van der Waals surface area contributed by atoms with E-state index in [1.807, 2.05) is 30.3 Å². The van der Waals surface area contributed by atoms with Crippen molar-refractivity contribution in [3.05, 3.63) is 35.9 Å². The summed E-state index contributed by atoms with van der Waals surface area (Å²) in [6, 6.07) is 9.41. The van der Waals surface area contributed by atoms with Gasteiger partial charge in [0, 0.05) is 33.8 Å². The number of hydrogen-bond acceptors (Lipinski definition) is 11. The number of hydrogen-bond donors (Lipinski definition) is 0. The summed E-state index contributed by atoms with van der Waals surface area (Å²) in [5.41, 5.74) is 0.876. The Morgan fingerprint density at radius 3 is 2.00 bits per heavy atom. The van der Waals surface area contributed by atoms with Gasteiger partial charge in [0.2, 0.25) is 0 Å². The number of benzene rings is 1. The Morgan fingerprint density at radius 1 is 0.750 bits per heavy atom. The summed E-state index contributed by atoms with van der Waals surface area (Å²) >= 11 is 0. The van der Waals surface area contributed by atoms with Crippen LogP contribution in [0.25, 0.3) is 0 Å². The normalized spacial score (nSPS) is 22.2. The predicted octanol–water partition coefficient (Wildman–Crippen LogP) is 3.64. The van der Waals surface area contributed by atoms with Gasteiger partial charge in [-0.15, -0.1) is 0 Å². The third-order valence-electron chi connectivity index (χ3n) is 6.22. The number of carbonyl (C=O) groups is 4. The Morgan fingerprint density at radius 2 is 1.38 bits per heavy atom. The van der Waals surface area contributed by atoms with Crippen molar-refractivity contribution in [2.24, 2.45) is 0 Å². The monoisotopic (exact) mass is 566 g/mol. The van der Waals surface area contributed by atoms with Crippen LogP contribution >= 0.6 is 0 Å². The van der Waals surface area contributed by atoms with Gasteiger partial charge in [0.1, 0.15) is 18.8 Å². The minimum atomic E-state index is -1.09. The lowest BCUT2D eigenvalue weighted by Gasteiger charge is -2.44. The smallest absolute Gasteiger partial charge is 0.305 e. The molecule has 1 aliphatic rings. The van der Waals surface area contributed by atoms with E-state index in [1.165, 1.54) is 27.9 Å². The molecule has 11 heteroatoms. The molecule has 1 aliphatic heterocycles. The molecule has 1 heterocycles. The van der Waals surface area contributed by atoms with E-state index < -0.39 is 48.6 Å². The van der Waals surface area contributed by atoms with Crippen molar-refractivity contribution >= 4 is 23.9 Å². The van der Waals surface area contributed by atoms with Gasteiger partial charge in [-0.05, 0) is 18.4 Å². The van der Waals surface area contributed by atoms with Crippen LogP contribution in [0.4, 0.5) is 0 Å². The van der Waals surface area contributed by atoms with Gasteiger partial charge in [-0.1, -0.05) is 56.0 Å². The summed E-state index contributed by atoms with van der Waals surface area (Å²) in [5.74, 6) is -1.96. The van der Waals surface area contributed by atoms with Crippen molar-refractivity contribution in [2.75, 3.05) is 20.3 Å². The molecule has 1 fully saturated rings. The van der Waals surface area contributed by atoms with Gasteiger partial charge in [-0.2, -0.15) is 0 Å². The van der Waals surface area contributed by atoms with Crippen molar-refractivity contribution in [1.82, 2.24) is 0 Å². The zero-order valence-corrected chi connectivity index (χ0v) is 23.8. The molecule has 40 heavy (non-hydrogen) atoms. The zero-order chi connectivity index (χ0) is 29.3. The van der Waals surface area contributed by atoms with Crippen LogP contribution < -0.4 is 0 Å². The maximum atomic E-state index is 12.1. The van der Waals surface area contributed by atoms with Crippen LogP contribution in [0.5, 0.6) is 0 Å². The summed E-state index contributed by atoms with van der Waals surface area (Å²) in [6.07, 6.45) is 0.742. The first-order valence-electron chi connectivity index (χ1n) is 13.7. The standard InChI is InChI=1S/C29H42O11/c1-20(30)36-19-24-26(38-21(2)31)27(39-22(3)32)28(37-18-23-14-10-9-11-15-23)29(40-24)35-17-13-8-6-5-7-12-16-25(33)34-4/h9-11,14-15,24,26-29H,5-8,12-13,16-19H2,1-4H3. The molecule has 0 spiro atoms. The molecule has 0 amide bonds. The molecule has 11 nitrogen and oxygen atoms in total. The summed E-state index contributed by atoms with van der Waals surface area (Å²) in [7, 11) is 1.39. The molecule has 5 unspecified atom stereocenters. The zero-order valence-electron chi connectivity index (χ0n) is 23.8. The Kier molecular flexibility index (Phi) is 15.2. The Labute approximate surface area is 235 Å². The average molecular weight is 567 g/mol. The predicted molar refractivity (Wildman–Crippen MR) is 142 cm³/mol. The highest BCUT2D eigenvalue weighted by atomic mass is 16.7. The molecule has 224 valence electrons. The van der Waals surface area contributed by atoms with E-state index in [0.717, 1.165) is 44.1 Å². The van der Waals surface area contributed by atoms with Crippen molar-refractivity contribution in [3.63, 3.8) is 0 Å². The maximum absolute atomic E-state index is 12.1. The first-order chi connectivity index (χ1) is 19.2. The molecule has 0 N–H and O–H groups in total. The van der Waals surface area contributed by atoms with Crippen molar-refractivity contribution in [2.45, 2.75) is 103 Å². The highest BCUT2D eigenvalue weighted by Gasteiger charge is 2.51. The van der Waals surface area contributed by atoms with Crippen LogP contribution in [0, 0.1) is 0 Å². The fourth-order valence-electron chi connectivity index (χ4n) is 4.33. The number of rotatable bonds is 17. The second-order valence-corrected chi connectivity index (χ2v) is 9.57. The van der Waals surface area contributed by atoms with Crippen LogP contribution in [0.1, 0.15) is 71.3 Å². The van der Waals surface area contributed by atoms with E-state index in [4.69, 9.17) is 28.4 Å². The van der Waals surface area contributed by atoms with Gasteiger partial charge in [0.05, 0.1) is 13.7 Å². The van der Waals surface area contributed by atoms with Gasteiger partial charge >= 0.3 is 23.9 Å². The van der Waals surface area contributed by atoms with Crippen molar-refractivity contribution in [1.29, 1.82) is 0 Å². The van der Waals surface area contributed by atoms with Crippen LogP contribution in [-0.4, -0.2) is 74.9 Å². The summed E-state index contributed by atoms with van der Waals surface area (Å²) in [5, 5.41) is 0. The molecule has 0 saturated carbocycles. The first kappa shape index (κ1) is 33.2. The highest BCUT2D eigenvalue weighted by molar-refractivity contribution is 5.69. The van der Waals surface area contributed by atoms with Crippen molar-refractivity contribution < 1.29 is 52.3 Å². The molecule has 0 bridgehead atoms. The van der Waals surface area contributed by atoms with Gasteiger partial charge < -0.3 is 33.2 Å². The fraction of sp³-hybridized carbons (Fsp3) is 0.655. The molecule has 0 aromatic heterocycles. The minimum Gasteiger partial charge on any atom is -0.469 e. The SMILES string of the molecule is COC(=O)CCCCCCCCOC1OC(COC(C)=O)C(OC(C)=O)C(OC(C)=O)C1OCc1ccccc1. The number of methoxy groups -OCH3 is 1. The van der Waals surface area contributed by atoms with Crippen LogP contribution in [0.15, 0.2) is 30.3 Å². The van der Waals surface area contributed by atoms with Crippen LogP contribution in [-0.2, 0) is 58.9 Å². The third-order valence-corrected chi connectivity index (χ3v) is 6.22. The van der Waals surface area contributed by atoms with Gasteiger partial charge in [-0.3, -0.25) is 19.2 Å². The minimum absolute atomic E-state index is 0.166. The quantitative estimate of drug-likeness (QED) is 0.155. The Hall–Kier alpha value is -3.02. The van der Waals surface area contributed by atoms with Gasteiger partial charge in [0.15, 0.2) is 18.5 Å². The maximum Gasteiger partial charge on any atom is 0.305 e. The van der Waals surface area contributed by atoms with E-state index in [2.05, 4.69) is 4.74 Å². The molecule has 2 rings (SSSR count). The average Bonchev–Trinajstić information content (AvgIpc) is 2.91. The van der Waals surface area contributed by atoms with E-state index >= 15 is 0 Å². The van der Waals surface area contributed by atoms with E-state index in [-0.39, 0.29) is 19.2 Å². The summed E-state index contributed by atoms with van der Waals surface area (Å²) in [4.78, 5) is 46.8. The summed E-state index contributed by atoms with van der Waals surface area (Å²) in [6.45, 7) is 4.00. The second kappa shape index (κ2) is 18.4. The van der Waals surface area contributed by atoms with Gasteiger partial charge in [-0.25, -0.2) is 0 Å². The lowest BCUT2D eigenvalue weighted by atomic mass is 9.98. The number of carbonyl (C=O) groups excluding carboxylic acids is 4. The van der Waals surface area contributed by atoms with Crippen LogP contribution in [0.2, 0.25) is 0 Å². The molecular formula is C29H42O11. The molecule has 0 radical (unpaired) electrons. The third kappa shape index (κ3) is 12.4. The highest BCUT2D eigenvalue weighted by Crippen LogP contribution is 2.30. The lowest BCUT2D eigenvalue weighted by Crippen LogP contribution is -2.62. The Balaban J connectivity index is 2.09.